The molecule has 0 saturated carbocycles. The fourth-order valence-corrected chi connectivity index (χ4v) is 2.59. The molecule has 2 rings (SSSR count). The van der Waals surface area contributed by atoms with Crippen LogP contribution in [-0.2, 0) is 4.84 Å². The molecule has 1 N–H and O–H groups in total. The van der Waals surface area contributed by atoms with Crippen molar-refractivity contribution >= 4 is 17.5 Å². The van der Waals surface area contributed by atoms with Crippen molar-refractivity contribution in [2.45, 2.75) is 20.3 Å². The van der Waals surface area contributed by atoms with E-state index in [2.05, 4.69) is 29.2 Å². The summed E-state index contributed by atoms with van der Waals surface area (Å²) < 4.78 is 5.10. The van der Waals surface area contributed by atoms with Gasteiger partial charge < -0.3 is 9.64 Å². The third-order valence-corrected chi connectivity index (χ3v) is 4.24. The Hall–Kier alpha value is -2.86. The van der Waals surface area contributed by atoms with Crippen LogP contribution in [0.25, 0.3) is 0 Å². The molecular formula is C21H27N3O3. The molecule has 0 saturated heterocycles. The number of carbonyl (C=O) groups excluding carboxylic acids is 1. The molecule has 0 aliphatic rings. The lowest BCUT2D eigenvalue weighted by molar-refractivity contribution is 0.166. The van der Waals surface area contributed by atoms with Crippen LogP contribution in [0.3, 0.4) is 0 Å². The summed E-state index contributed by atoms with van der Waals surface area (Å²) in [4.78, 5) is 19.5. The Morgan fingerprint density at radius 3 is 2.30 bits per heavy atom. The summed E-state index contributed by atoms with van der Waals surface area (Å²) in [5, 5.41) is 6.77. The number of anilines is 1. The summed E-state index contributed by atoms with van der Waals surface area (Å²) in [7, 11) is 1.59. The molecule has 0 aliphatic heterocycles. The van der Waals surface area contributed by atoms with Gasteiger partial charge in [-0.15, -0.1) is 0 Å². The van der Waals surface area contributed by atoms with E-state index in [0.29, 0.717) is 12.1 Å². The van der Waals surface area contributed by atoms with Gasteiger partial charge >= 0.3 is 6.09 Å². The standard InChI is InChI=1S/C21H27N3O3/c1-4-24(5-2)16-15-20(17-9-7-6-8-10-17)23-27-21(25)22-18-11-13-19(26-3)14-12-18/h6-14H,4-5,15-16H2,1-3H3,(H,22,25)/b23-20-. The molecule has 144 valence electrons. The molecule has 0 aromatic heterocycles. The topological polar surface area (TPSA) is 63.2 Å². The molecule has 0 aliphatic carbocycles. The van der Waals surface area contributed by atoms with Crippen LogP contribution < -0.4 is 10.1 Å². The number of benzene rings is 2. The fourth-order valence-electron chi connectivity index (χ4n) is 2.59. The van der Waals surface area contributed by atoms with Crippen LogP contribution in [0.5, 0.6) is 5.75 Å². The number of amides is 1. The Morgan fingerprint density at radius 1 is 1.04 bits per heavy atom. The molecule has 27 heavy (non-hydrogen) atoms. The lowest BCUT2D eigenvalue weighted by atomic mass is 10.1. The minimum absolute atomic E-state index is 0.611. The third kappa shape index (κ3) is 6.75. The molecule has 0 fully saturated rings. The number of hydrogen-bond acceptors (Lipinski definition) is 5. The second kappa shape index (κ2) is 11.0. The minimum Gasteiger partial charge on any atom is -0.497 e. The van der Waals surface area contributed by atoms with Gasteiger partial charge in [0.15, 0.2) is 0 Å². The number of nitrogens with one attached hydrogen (secondary N) is 1. The summed E-state index contributed by atoms with van der Waals surface area (Å²) in [5.41, 5.74) is 2.30. The molecule has 0 heterocycles. The number of oxime groups is 1. The quantitative estimate of drug-likeness (QED) is 0.405. The van der Waals surface area contributed by atoms with Gasteiger partial charge in [-0.25, -0.2) is 4.79 Å². The number of nitrogens with zero attached hydrogens (tertiary/aromatic N) is 2. The van der Waals surface area contributed by atoms with Crippen LogP contribution in [0.15, 0.2) is 59.8 Å². The number of carbonyl (C=O) groups is 1. The molecule has 1 amide bonds. The van der Waals surface area contributed by atoms with Crippen molar-refractivity contribution in [1.29, 1.82) is 0 Å². The van der Waals surface area contributed by atoms with E-state index in [1.165, 1.54) is 0 Å². The molecular weight excluding hydrogens is 342 g/mol. The Morgan fingerprint density at radius 2 is 1.70 bits per heavy atom. The van der Waals surface area contributed by atoms with Gasteiger partial charge in [-0.05, 0) is 42.9 Å². The summed E-state index contributed by atoms with van der Waals surface area (Å²) in [6.45, 7) is 7.04. The van der Waals surface area contributed by atoms with Gasteiger partial charge in [-0.3, -0.25) is 10.2 Å². The van der Waals surface area contributed by atoms with Crippen molar-refractivity contribution in [2.24, 2.45) is 5.16 Å². The van der Waals surface area contributed by atoms with Gasteiger partial charge in [0.25, 0.3) is 0 Å². The van der Waals surface area contributed by atoms with Gasteiger partial charge in [0.2, 0.25) is 0 Å². The first-order chi connectivity index (χ1) is 13.2. The molecule has 0 atom stereocenters. The van der Waals surface area contributed by atoms with E-state index >= 15 is 0 Å². The summed E-state index contributed by atoms with van der Waals surface area (Å²) >= 11 is 0. The molecule has 2 aromatic carbocycles. The number of ether oxygens (including phenoxy) is 1. The van der Waals surface area contributed by atoms with Crippen molar-refractivity contribution in [3.8, 4) is 5.75 Å². The van der Waals surface area contributed by atoms with Crippen molar-refractivity contribution in [3.05, 3.63) is 60.2 Å². The summed E-state index contributed by atoms with van der Waals surface area (Å²) in [6, 6.07) is 16.8. The van der Waals surface area contributed by atoms with Gasteiger partial charge in [-0.2, -0.15) is 0 Å². The molecule has 0 spiro atoms. The van der Waals surface area contributed by atoms with E-state index in [1.54, 1.807) is 31.4 Å². The van der Waals surface area contributed by atoms with E-state index in [-0.39, 0.29) is 0 Å². The lowest BCUT2D eigenvalue weighted by Gasteiger charge is -2.18. The maximum absolute atomic E-state index is 12.1. The van der Waals surface area contributed by atoms with Gasteiger partial charge in [-0.1, -0.05) is 49.3 Å². The largest absolute Gasteiger partial charge is 0.497 e. The first-order valence-corrected chi connectivity index (χ1v) is 9.13. The van der Waals surface area contributed by atoms with Crippen molar-refractivity contribution in [1.82, 2.24) is 4.90 Å². The molecule has 6 heteroatoms. The van der Waals surface area contributed by atoms with E-state index < -0.39 is 6.09 Å². The molecule has 0 bridgehead atoms. The highest BCUT2D eigenvalue weighted by Crippen LogP contribution is 2.15. The number of rotatable bonds is 9. The Balaban J connectivity index is 2.02. The van der Waals surface area contributed by atoms with Crippen molar-refractivity contribution in [3.63, 3.8) is 0 Å². The maximum atomic E-state index is 12.1. The molecule has 0 radical (unpaired) electrons. The average Bonchev–Trinajstić information content (AvgIpc) is 2.72. The third-order valence-electron chi connectivity index (χ3n) is 4.24. The molecule has 0 unspecified atom stereocenters. The van der Waals surface area contributed by atoms with Crippen molar-refractivity contribution < 1.29 is 14.4 Å². The summed E-state index contributed by atoms with van der Waals surface area (Å²) in [5.74, 6) is 0.717. The SMILES string of the molecule is CCN(CC)CC/C(=N/OC(=O)Nc1ccc(OC)cc1)c1ccccc1. The zero-order valence-electron chi connectivity index (χ0n) is 16.1. The minimum atomic E-state index is -0.628. The first kappa shape index (κ1) is 20.5. The predicted molar refractivity (Wildman–Crippen MR) is 108 cm³/mol. The highest BCUT2D eigenvalue weighted by Gasteiger charge is 2.09. The average molecular weight is 369 g/mol. The van der Waals surface area contributed by atoms with Crippen molar-refractivity contribution in [2.75, 3.05) is 32.1 Å². The Labute approximate surface area is 160 Å². The van der Waals surface area contributed by atoms with E-state index in [0.717, 1.165) is 36.7 Å². The second-order valence-electron chi connectivity index (χ2n) is 5.91. The first-order valence-electron chi connectivity index (χ1n) is 9.13. The number of methoxy groups -OCH3 is 1. The Bertz CT molecular complexity index is 726. The maximum Gasteiger partial charge on any atom is 0.437 e. The molecule has 6 nitrogen and oxygen atoms in total. The lowest BCUT2D eigenvalue weighted by Crippen LogP contribution is -2.26. The highest BCUT2D eigenvalue weighted by atomic mass is 16.7. The van der Waals surface area contributed by atoms with E-state index in [9.17, 15) is 4.79 Å². The molecule has 2 aromatic rings. The highest BCUT2D eigenvalue weighted by molar-refractivity contribution is 6.00. The van der Waals surface area contributed by atoms with Crippen LogP contribution in [-0.4, -0.2) is 43.4 Å². The Kier molecular flexibility index (Phi) is 8.32. The van der Waals surface area contributed by atoms with Crippen LogP contribution in [0, 0.1) is 0 Å². The summed E-state index contributed by atoms with van der Waals surface area (Å²) in [6.07, 6.45) is 0.0676. The smallest absolute Gasteiger partial charge is 0.437 e. The number of hydrogen-bond donors (Lipinski definition) is 1. The van der Waals surface area contributed by atoms with Crippen LogP contribution in [0.2, 0.25) is 0 Å². The van der Waals surface area contributed by atoms with Gasteiger partial charge in [0.05, 0.1) is 12.8 Å². The normalized spacial score (nSPS) is 11.3. The predicted octanol–water partition coefficient (Wildman–Crippen LogP) is 4.38. The van der Waals surface area contributed by atoms with Crippen LogP contribution in [0.1, 0.15) is 25.8 Å². The second-order valence-corrected chi connectivity index (χ2v) is 5.91. The van der Waals surface area contributed by atoms with Crippen LogP contribution in [0.4, 0.5) is 10.5 Å². The van der Waals surface area contributed by atoms with E-state index in [4.69, 9.17) is 9.57 Å². The zero-order chi connectivity index (χ0) is 19.5. The fraction of sp³-hybridized carbons (Fsp3) is 0.333. The van der Waals surface area contributed by atoms with E-state index in [1.807, 2.05) is 30.3 Å². The van der Waals surface area contributed by atoms with Gasteiger partial charge in [0.1, 0.15) is 5.75 Å². The monoisotopic (exact) mass is 369 g/mol. The van der Waals surface area contributed by atoms with Gasteiger partial charge in [0, 0.05) is 18.7 Å². The van der Waals surface area contributed by atoms with Crippen LogP contribution >= 0.6 is 0 Å². The zero-order valence-corrected chi connectivity index (χ0v) is 16.1.